The summed E-state index contributed by atoms with van der Waals surface area (Å²) in [6.07, 6.45) is 2.86. The van der Waals surface area contributed by atoms with E-state index in [4.69, 9.17) is 4.99 Å². The van der Waals surface area contributed by atoms with E-state index in [0.717, 1.165) is 28.8 Å². The third-order valence-electron chi connectivity index (χ3n) is 5.25. The summed E-state index contributed by atoms with van der Waals surface area (Å²) in [7, 11) is 0. The minimum Gasteiger partial charge on any atom is -0.322 e. The molecule has 29 heavy (non-hydrogen) atoms. The molecule has 1 aromatic heterocycles. The van der Waals surface area contributed by atoms with Gasteiger partial charge in [0.1, 0.15) is 0 Å². The average Bonchev–Trinajstić information content (AvgIpc) is 3.17. The molecular formula is C23H18N4O2. The van der Waals surface area contributed by atoms with Crippen LogP contribution in [0.5, 0.6) is 0 Å². The van der Waals surface area contributed by atoms with E-state index < -0.39 is 6.17 Å². The summed E-state index contributed by atoms with van der Waals surface area (Å²) in [5.41, 5.74) is 4.94. The lowest BCUT2D eigenvalue weighted by Gasteiger charge is -2.21. The van der Waals surface area contributed by atoms with E-state index in [1.165, 1.54) is 6.20 Å². The molecule has 0 fully saturated rings. The van der Waals surface area contributed by atoms with Gasteiger partial charge in [0, 0.05) is 30.1 Å². The standard InChI is InChI=1S/C23H18N4O2/c28-22(17-9-5-12-24-14-17)26-21-23(29)27-13-11-16-8-4-10-18(20(16)27)19(25-21)15-6-2-1-3-7-15/h1-10,12,14,21H,11,13H2,(H,26,28)/t21-/m0/s1. The summed E-state index contributed by atoms with van der Waals surface area (Å²) in [5, 5.41) is 2.79. The molecule has 2 aliphatic rings. The van der Waals surface area contributed by atoms with Crippen LogP contribution in [0.1, 0.15) is 27.0 Å². The van der Waals surface area contributed by atoms with Crippen molar-refractivity contribution in [2.24, 2.45) is 4.99 Å². The molecule has 0 saturated heterocycles. The van der Waals surface area contributed by atoms with Crippen LogP contribution in [0.2, 0.25) is 0 Å². The zero-order valence-electron chi connectivity index (χ0n) is 15.6. The Morgan fingerprint density at radius 3 is 2.69 bits per heavy atom. The van der Waals surface area contributed by atoms with E-state index in [1.807, 2.05) is 48.5 Å². The predicted octanol–water partition coefficient (Wildman–Crippen LogP) is 2.58. The van der Waals surface area contributed by atoms with Gasteiger partial charge in [-0.3, -0.25) is 14.6 Å². The monoisotopic (exact) mass is 382 g/mol. The van der Waals surface area contributed by atoms with Gasteiger partial charge in [-0.05, 0) is 24.1 Å². The Balaban J connectivity index is 1.62. The molecule has 2 aliphatic heterocycles. The van der Waals surface area contributed by atoms with Gasteiger partial charge in [-0.15, -0.1) is 0 Å². The molecule has 0 saturated carbocycles. The second-order valence-corrected chi connectivity index (χ2v) is 7.01. The molecule has 142 valence electrons. The van der Waals surface area contributed by atoms with Crippen molar-refractivity contribution in [3.63, 3.8) is 0 Å². The summed E-state index contributed by atoms with van der Waals surface area (Å²) in [6.45, 7) is 0.585. The van der Waals surface area contributed by atoms with Crippen LogP contribution in [-0.4, -0.2) is 35.2 Å². The van der Waals surface area contributed by atoms with Gasteiger partial charge in [0.15, 0.2) is 0 Å². The number of hydrogen-bond acceptors (Lipinski definition) is 4. The Morgan fingerprint density at radius 1 is 1.03 bits per heavy atom. The highest BCUT2D eigenvalue weighted by atomic mass is 16.2. The van der Waals surface area contributed by atoms with Crippen molar-refractivity contribution < 1.29 is 9.59 Å². The largest absolute Gasteiger partial charge is 0.322 e. The Labute approximate surface area is 167 Å². The first-order valence-corrected chi connectivity index (χ1v) is 9.50. The van der Waals surface area contributed by atoms with Gasteiger partial charge in [-0.25, -0.2) is 4.99 Å². The summed E-state index contributed by atoms with van der Waals surface area (Å²) >= 11 is 0. The van der Waals surface area contributed by atoms with Crippen LogP contribution in [0.25, 0.3) is 0 Å². The lowest BCUT2D eigenvalue weighted by atomic mass is 9.98. The van der Waals surface area contributed by atoms with E-state index in [0.29, 0.717) is 17.8 Å². The molecule has 2 aromatic carbocycles. The molecule has 6 heteroatoms. The summed E-state index contributed by atoms with van der Waals surface area (Å²) < 4.78 is 0. The number of nitrogens with one attached hydrogen (secondary N) is 1. The van der Waals surface area contributed by atoms with Crippen LogP contribution in [0.4, 0.5) is 5.69 Å². The second-order valence-electron chi connectivity index (χ2n) is 7.01. The Bertz CT molecular complexity index is 1130. The van der Waals surface area contributed by atoms with Crippen LogP contribution < -0.4 is 10.2 Å². The maximum absolute atomic E-state index is 13.3. The first-order valence-electron chi connectivity index (χ1n) is 9.50. The first-order chi connectivity index (χ1) is 14.2. The smallest absolute Gasteiger partial charge is 0.272 e. The quantitative estimate of drug-likeness (QED) is 0.757. The Morgan fingerprint density at radius 2 is 1.90 bits per heavy atom. The van der Waals surface area contributed by atoms with Crippen molar-refractivity contribution in [2.45, 2.75) is 12.6 Å². The zero-order chi connectivity index (χ0) is 19.8. The summed E-state index contributed by atoms with van der Waals surface area (Å²) in [4.78, 5) is 36.5. The predicted molar refractivity (Wildman–Crippen MR) is 110 cm³/mol. The number of para-hydroxylation sites is 1. The van der Waals surface area contributed by atoms with Crippen molar-refractivity contribution in [2.75, 3.05) is 11.4 Å². The second kappa shape index (κ2) is 6.98. The van der Waals surface area contributed by atoms with Crippen molar-refractivity contribution in [3.8, 4) is 0 Å². The van der Waals surface area contributed by atoms with Crippen LogP contribution >= 0.6 is 0 Å². The molecular weight excluding hydrogens is 364 g/mol. The topological polar surface area (TPSA) is 74.7 Å². The number of nitrogens with zero attached hydrogens (tertiary/aromatic N) is 3. The van der Waals surface area contributed by atoms with Crippen LogP contribution in [0.15, 0.2) is 78.0 Å². The molecule has 6 nitrogen and oxygen atoms in total. The number of rotatable bonds is 3. The van der Waals surface area contributed by atoms with E-state index in [2.05, 4.69) is 10.3 Å². The highest BCUT2D eigenvalue weighted by Gasteiger charge is 2.37. The number of carbonyl (C=O) groups excluding carboxylic acids is 2. The van der Waals surface area contributed by atoms with Gasteiger partial charge in [0.2, 0.25) is 6.17 Å². The van der Waals surface area contributed by atoms with E-state index in [-0.39, 0.29) is 11.8 Å². The third kappa shape index (κ3) is 2.99. The maximum Gasteiger partial charge on any atom is 0.272 e. The minimum absolute atomic E-state index is 0.223. The fourth-order valence-corrected chi connectivity index (χ4v) is 3.89. The molecule has 5 rings (SSSR count). The van der Waals surface area contributed by atoms with Crippen LogP contribution in [-0.2, 0) is 11.2 Å². The van der Waals surface area contributed by atoms with Gasteiger partial charge < -0.3 is 10.2 Å². The zero-order valence-corrected chi connectivity index (χ0v) is 15.6. The molecule has 0 bridgehead atoms. The van der Waals surface area contributed by atoms with Crippen LogP contribution in [0.3, 0.4) is 0 Å². The highest BCUT2D eigenvalue weighted by Crippen LogP contribution is 2.36. The Hall–Kier alpha value is -3.80. The van der Waals surface area contributed by atoms with Gasteiger partial charge in [0.05, 0.1) is 17.0 Å². The highest BCUT2D eigenvalue weighted by molar-refractivity contribution is 6.21. The van der Waals surface area contributed by atoms with Gasteiger partial charge in [0.25, 0.3) is 11.8 Å². The molecule has 3 heterocycles. The lowest BCUT2D eigenvalue weighted by molar-refractivity contribution is -0.120. The van der Waals surface area contributed by atoms with Crippen molar-refractivity contribution >= 4 is 23.2 Å². The van der Waals surface area contributed by atoms with Crippen molar-refractivity contribution in [1.29, 1.82) is 0 Å². The van der Waals surface area contributed by atoms with Gasteiger partial charge >= 0.3 is 0 Å². The number of aliphatic imine (C=N–C) groups is 1. The number of aromatic nitrogens is 1. The molecule has 0 unspecified atom stereocenters. The SMILES string of the molecule is O=C(N[C@@H]1N=C(c2ccccc2)c2cccc3c2N(CC3)C1=O)c1cccnc1. The average molecular weight is 382 g/mol. The van der Waals surface area contributed by atoms with E-state index in [1.54, 1.807) is 23.2 Å². The number of carbonyl (C=O) groups is 2. The van der Waals surface area contributed by atoms with Crippen LogP contribution in [0, 0.1) is 0 Å². The number of benzene rings is 2. The van der Waals surface area contributed by atoms with Gasteiger partial charge in [-0.1, -0.05) is 48.5 Å². The number of pyridine rings is 1. The molecule has 3 aromatic rings. The normalized spacial score (nSPS) is 17.4. The number of anilines is 1. The fourth-order valence-electron chi connectivity index (χ4n) is 3.89. The van der Waals surface area contributed by atoms with Crippen molar-refractivity contribution in [1.82, 2.24) is 10.3 Å². The molecule has 0 radical (unpaired) electrons. The number of hydrogen-bond donors (Lipinski definition) is 1. The molecule has 2 amide bonds. The molecule has 0 aliphatic carbocycles. The summed E-state index contributed by atoms with van der Waals surface area (Å²) in [6, 6.07) is 19.1. The lowest BCUT2D eigenvalue weighted by Crippen LogP contribution is -2.47. The summed E-state index contributed by atoms with van der Waals surface area (Å²) in [5.74, 6) is -0.600. The minimum atomic E-state index is -1.00. The van der Waals surface area contributed by atoms with Gasteiger partial charge in [-0.2, -0.15) is 0 Å². The molecule has 0 spiro atoms. The molecule has 1 atom stereocenters. The number of amides is 2. The third-order valence-corrected chi connectivity index (χ3v) is 5.25. The fraction of sp³-hybridized carbons (Fsp3) is 0.130. The first kappa shape index (κ1) is 17.3. The molecule has 1 N–H and O–H groups in total. The van der Waals surface area contributed by atoms with Crippen molar-refractivity contribution in [3.05, 3.63) is 95.3 Å². The maximum atomic E-state index is 13.3. The Kier molecular flexibility index (Phi) is 4.17. The van der Waals surface area contributed by atoms with E-state index in [9.17, 15) is 9.59 Å². The van der Waals surface area contributed by atoms with E-state index >= 15 is 0 Å².